The van der Waals surface area contributed by atoms with Crippen LogP contribution in [0.2, 0.25) is 0 Å². The van der Waals surface area contributed by atoms with Crippen molar-refractivity contribution in [2.24, 2.45) is 0 Å². The van der Waals surface area contributed by atoms with E-state index in [4.69, 9.17) is 9.84 Å². The predicted octanol–water partition coefficient (Wildman–Crippen LogP) is 5.12. The highest BCUT2D eigenvalue weighted by Crippen LogP contribution is 2.44. The molecule has 2 amide bonds. The normalized spacial score (nSPS) is 11.9. The third-order valence-corrected chi connectivity index (χ3v) is 6.06. The maximum Gasteiger partial charge on any atom is 0.411 e. The number of halogens is 1. The Morgan fingerprint density at radius 3 is 2.23 bits per heavy atom. The van der Waals surface area contributed by atoms with Gasteiger partial charge in [0.2, 0.25) is 0 Å². The molecule has 0 heterocycles. The van der Waals surface area contributed by atoms with Crippen LogP contribution in [0.3, 0.4) is 0 Å². The quantitative estimate of drug-likeness (QED) is 0.470. The molecule has 0 aliphatic heterocycles. The summed E-state index contributed by atoms with van der Waals surface area (Å²) in [5, 5.41) is 11.5. The highest BCUT2D eigenvalue weighted by atomic mass is 19.1. The third kappa shape index (κ3) is 5.16. The highest BCUT2D eigenvalue weighted by molar-refractivity contribution is 6.02. The van der Waals surface area contributed by atoms with Crippen molar-refractivity contribution in [1.29, 1.82) is 0 Å². The molecule has 0 spiro atoms. The van der Waals surface area contributed by atoms with Crippen molar-refractivity contribution in [3.63, 3.8) is 0 Å². The first kappa shape index (κ1) is 23.9. The summed E-state index contributed by atoms with van der Waals surface area (Å²) in [6.07, 6.45) is -1.02. The molecule has 0 radical (unpaired) electrons. The number of nitrogens with zero attached hydrogens (tertiary/aromatic N) is 1. The summed E-state index contributed by atoms with van der Waals surface area (Å²) in [6, 6.07) is 19.3. The van der Waals surface area contributed by atoms with E-state index in [9.17, 15) is 18.8 Å². The Morgan fingerprint density at radius 1 is 1.00 bits per heavy atom. The van der Waals surface area contributed by atoms with E-state index in [0.717, 1.165) is 34.4 Å². The maximum atomic E-state index is 14.0. The molecule has 1 aliphatic carbocycles. The van der Waals surface area contributed by atoms with E-state index < -0.39 is 23.8 Å². The molecule has 0 fully saturated rings. The number of rotatable bonds is 8. The number of anilines is 1. The Bertz CT molecular complexity index is 1230. The molecule has 35 heavy (non-hydrogen) atoms. The van der Waals surface area contributed by atoms with Crippen LogP contribution < -0.4 is 5.32 Å². The number of hydrogen-bond acceptors (Lipinski definition) is 4. The molecule has 4 rings (SSSR count). The number of carboxylic acid groups (broad SMARTS) is 1. The molecule has 7 nitrogen and oxygen atoms in total. The summed E-state index contributed by atoms with van der Waals surface area (Å²) in [5.41, 5.74) is 4.34. The maximum absolute atomic E-state index is 14.0. The van der Waals surface area contributed by atoms with Gasteiger partial charge in [-0.1, -0.05) is 48.5 Å². The average molecular weight is 477 g/mol. The van der Waals surface area contributed by atoms with E-state index in [0.29, 0.717) is 0 Å². The Labute approximate surface area is 202 Å². The summed E-state index contributed by atoms with van der Waals surface area (Å²) in [4.78, 5) is 37.8. The van der Waals surface area contributed by atoms with E-state index in [1.165, 1.54) is 11.0 Å². The van der Waals surface area contributed by atoms with Crippen molar-refractivity contribution >= 4 is 23.7 Å². The first-order chi connectivity index (χ1) is 16.9. The van der Waals surface area contributed by atoms with E-state index in [-0.39, 0.29) is 43.3 Å². The van der Waals surface area contributed by atoms with E-state index in [1.807, 2.05) is 48.5 Å². The van der Waals surface area contributed by atoms with Gasteiger partial charge < -0.3 is 14.7 Å². The second-order valence-corrected chi connectivity index (χ2v) is 8.17. The largest absolute Gasteiger partial charge is 0.481 e. The zero-order valence-corrected chi connectivity index (χ0v) is 19.2. The van der Waals surface area contributed by atoms with Crippen LogP contribution in [0.5, 0.6) is 0 Å². The molecule has 0 unspecified atom stereocenters. The highest BCUT2D eigenvalue weighted by Gasteiger charge is 2.29. The van der Waals surface area contributed by atoms with Gasteiger partial charge in [0.05, 0.1) is 17.7 Å². The standard InChI is InChI=1S/C27H25FN2O5/c1-2-30(14-13-25(31)32)26(33)22-15-17(28)11-12-24(22)29-27(34)35-16-23-20-9-5-3-7-18(20)19-8-4-6-10-21(19)23/h3-12,15,23H,2,13-14,16H2,1H3,(H,29,34)(H,31,32). The second-order valence-electron chi connectivity index (χ2n) is 8.17. The molecule has 2 N–H and O–H groups in total. The van der Waals surface area contributed by atoms with E-state index >= 15 is 0 Å². The van der Waals surface area contributed by atoms with Crippen LogP contribution in [-0.4, -0.2) is 47.7 Å². The molecule has 180 valence electrons. The molecule has 0 bridgehead atoms. The summed E-state index contributed by atoms with van der Waals surface area (Å²) in [6.45, 7) is 1.97. The van der Waals surface area contributed by atoms with Gasteiger partial charge in [-0.15, -0.1) is 0 Å². The number of nitrogens with one attached hydrogen (secondary N) is 1. The number of carbonyl (C=O) groups excluding carboxylic acids is 2. The van der Waals surface area contributed by atoms with Crippen molar-refractivity contribution in [3.05, 3.63) is 89.2 Å². The average Bonchev–Trinajstić information content (AvgIpc) is 3.17. The molecular formula is C27H25FN2O5. The first-order valence-electron chi connectivity index (χ1n) is 11.3. The fraction of sp³-hybridized carbons (Fsp3) is 0.222. The van der Waals surface area contributed by atoms with Gasteiger partial charge in [0.25, 0.3) is 5.91 Å². The zero-order chi connectivity index (χ0) is 24.9. The summed E-state index contributed by atoms with van der Waals surface area (Å²) in [7, 11) is 0. The lowest BCUT2D eigenvalue weighted by Gasteiger charge is -2.22. The van der Waals surface area contributed by atoms with Crippen LogP contribution in [0.15, 0.2) is 66.7 Å². The molecule has 0 aromatic heterocycles. The second kappa shape index (κ2) is 10.4. The van der Waals surface area contributed by atoms with Crippen LogP contribution in [0.4, 0.5) is 14.9 Å². The van der Waals surface area contributed by atoms with Crippen molar-refractivity contribution in [3.8, 4) is 11.1 Å². The molecule has 3 aromatic carbocycles. The van der Waals surface area contributed by atoms with Crippen LogP contribution in [-0.2, 0) is 9.53 Å². The number of ether oxygens (including phenoxy) is 1. The lowest BCUT2D eigenvalue weighted by molar-refractivity contribution is -0.137. The fourth-order valence-corrected chi connectivity index (χ4v) is 4.35. The number of carbonyl (C=O) groups is 3. The summed E-state index contributed by atoms with van der Waals surface area (Å²) >= 11 is 0. The molecule has 8 heteroatoms. The number of benzene rings is 3. The zero-order valence-electron chi connectivity index (χ0n) is 19.2. The number of aliphatic carboxylic acids is 1. The van der Waals surface area contributed by atoms with Crippen molar-refractivity contribution in [1.82, 2.24) is 4.90 Å². The lowest BCUT2D eigenvalue weighted by Crippen LogP contribution is -2.33. The Balaban J connectivity index is 1.48. The minimum absolute atomic E-state index is 0.0361. The molecular weight excluding hydrogens is 451 g/mol. The SMILES string of the molecule is CCN(CCC(=O)O)C(=O)c1cc(F)ccc1NC(=O)OCC1c2ccccc2-c2ccccc21. The number of fused-ring (bicyclic) bond motifs is 3. The number of amides is 2. The first-order valence-corrected chi connectivity index (χ1v) is 11.3. The van der Waals surface area contributed by atoms with Gasteiger partial charge in [-0.25, -0.2) is 9.18 Å². The fourth-order valence-electron chi connectivity index (χ4n) is 4.35. The van der Waals surface area contributed by atoms with Gasteiger partial charge in [-0.2, -0.15) is 0 Å². The van der Waals surface area contributed by atoms with Gasteiger partial charge in [0.1, 0.15) is 12.4 Å². The van der Waals surface area contributed by atoms with E-state index in [1.54, 1.807) is 6.92 Å². The van der Waals surface area contributed by atoms with Gasteiger partial charge in [-0.05, 0) is 47.4 Å². The van der Waals surface area contributed by atoms with E-state index in [2.05, 4.69) is 5.32 Å². The van der Waals surface area contributed by atoms with Crippen molar-refractivity contribution < 1.29 is 28.6 Å². The van der Waals surface area contributed by atoms with Crippen molar-refractivity contribution in [2.75, 3.05) is 25.0 Å². The molecule has 0 saturated carbocycles. The monoisotopic (exact) mass is 476 g/mol. The minimum atomic E-state index is -1.05. The minimum Gasteiger partial charge on any atom is -0.481 e. The topological polar surface area (TPSA) is 95.9 Å². The molecule has 1 aliphatic rings. The molecule has 3 aromatic rings. The number of hydrogen-bond donors (Lipinski definition) is 2. The number of carboxylic acids is 1. The summed E-state index contributed by atoms with van der Waals surface area (Å²) in [5.74, 6) is -2.41. The van der Waals surface area contributed by atoms with Crippen molar-refractivity contribution in [2.45, 2.75) is 19.3 Å². The van der Waals surface area contributed by atoms with Gasteiger partial charge >= 0.3 is 12.1 Å². The summed E-state index contributed by atoms with van der Waals surface area (Å²) < 4.78 is 19.5. The molecule has 0 saturated heterocycles. The van der Waals surface area contributed by atoms with Crippen LogP contribution >= 0.6 is 0 Å². The van der Waals surface area contributed by atoms with Gasteiger partial charge in [0.15, 0.2) is 0 Å². The van der Waals surface area contributed by atoms with Gasteiger partial charge in [0, 0.05) is 19.0 Å². The van der Waals surface area contributed by atoms with Crippen LogP contribution in [0, 0.1) is 5.82 Å². The van der Waals surface area contributed by atoms with Crippen LogP contribution in [0.1, 0.15) is 40.7 Å². The van der Waals surface area contributed by atoms with Crippen LogP contribution in [0.25, 0.3) is 11.1 Å². The lowest BCUT2D eigenvalue weighted by atomic mass is 9.98. The smallest absolute Gasteiger partial charge is 0.411 e. The third-order valence-electron chi connectivity index (χ3n) is 6.06. The van der Waals surface area contributed by atoms with Gasteiger partial charge in [-0.3, -0.25) is 14.9 Å². The Kier molecular flexibility index (Phi) is 7.10. The predicted molar refractivity (Wildman–Crippen MR) is 129 cm³/mol. The molecule has 0 atom stereocenters. The Morgan fingerprint density at radius 2 is 1.63 bits per heavy atom. The Hall–Kier alpha value is -4.20.